The van der Waals surface area contributed by atoms with Gasteiger partial charge in [0.15, 0.2) is 6.61 Å². The third-order valence-electron chi connectivity index (χ3n) is 3.10. The molecule has 0 saturated carbocycles. The summed E-state index contributed by atoms with van der Waals surface area (Å²) in [6.07, 6.45) is 2.41. The average molecular weight is 460 g/mol. The van der Waals surface area contributed by atoms with E-state index in [4.69, 9.17) is 32.7 Å². The van der Waals surface area contributed by atoms with Crippen LogP contribution in [-0.4, -0.2) is 25.3 Å². The number of carbonyl (C=O) groups is 1. The largest absolute Gasteiger partial charge is 0.493 e. The Morgan fingerprint density at radius 2 is 2.04 bits per heavy atom. The summed E-state index contributed by atoms with van der Waals surface area (Å²) >= 11 is 15.3. The Morgan fingerprint density at radius 3 is 2.81 bits per heavy atom. The molecule has 2 aromatic rings. The smallest absolute Gasteiger partial charge is 0.277 e. The minimum Gasteiger partial charge on any atom is -0.493 e. The molecule has 0 bridgehead atoms. The van der Waals surface area contributed by atoms with Gasteiger partial charge in [-0.05, 0) is 36.8 Å². The van der Waals surface area contributed by atoms with Gasteiger partial charge in [-0.3, -0.25) is 4.79 Å². The van der Waals surface area contributed by atoms with E-state index in [0.717, 1.165) is 16.5 Å². The first-order valence-electron chi connectivity index (χ1n) is 7.82. The van der Waals surface area contributed by atoms with Crippen molar-refractivity contribution in [3.8, 4) is 11.5 Å². The van der Waals surface area contributed by atoms with Crippen molar-refractivity contribution in [2.75, 3.05) is 13.2 Å². The average Bonchev–Trinajstić information content (AvgIpc) is 2.62. The molecule has 0 unspecified atom stereocenters. The van der Waals surface area contributed by atoms with Gasteiger partial charge in [-0.2, -0.15) is 5.10 Å². The van der Waals surface area contributed by atoms with Crippen molar-refractivity contribution in [2.24, 2.45) is 5.10 Å². The second kappa shape index (κ2) is 10.4. The van der Waals surface area contributed by atoms with E-state index in [1.807, 2.05) is 25.1 Å². The van der Waals surface area contributed by atoms with Crippen LogP contribution in [0.1, 0.15) is 18.9 Å². The Morgan fingerprint density at radius 1 is 1.23 bits per heavy atom. The van der Waals surface area contributed by atoms with E-state index in [2.05, 4.69) is 26.5 Å². The van der Waals surface area contributed by atoms with Crippen LogP contribution in [0, 0.1) is 0 Å². The molecule has 5 nitrogen and oxygen atoms in total. The predicted octanol–water partition coefficient (Wildman–Crippen LogP) is 5.07. The van der Waals surface area contributed by atoms with E-state index in [0.29, 0.717) is 23.1 Å². The summed E-state index contributed by atoms with van der Waals surface area (Å²) in [6, 6.07) is 10.5. The molecule has 0 radical (unpaired) electrons. The standard InChI is InChI=1S/C18H17BrCl2N2O3/c1-2-8-25-15-7-6-13(19)9-12(15)10-22-23-17(24)11-26-16-5-3-4-14(20)18(16)21/h3-7,9-10H,2,8,11H2,1H3,(H,23,24)/b22-10+. The van der Waals surface area contributed by atoms with Crippen molar-refractivity contribution >= 4 is 51.3 Å². The summed E-state index contributed by atoms with van der Waals surface area (Å²) in [6.45, 7) is 2.39. The Kier molecular flexibility index (Phi) is 8.22. The number of amides is 1. The van der Waals surface area contributed by atoms with Gasteiger partial charge < -0.3 is 9.47 Å². The van der Waals surface area contributed by atoms with Crippen LogP contribution in [0.4, 0.5) is 0 Å². The Bertz CT molecular complexity index is 800. The number of benzene rings is 2. The third kappa shape index (κ3) is 6.20. The summed E-state index contributed by atoms with van der Waals surface area (Å²) in [7, 11) is 0. The summed E-state index contributed by atoms with van der Waals surface area (Å²) < 4.78 is 11.9. The molecule has 2 aromatic carbocycles. The predicted molar refractivity (Wildman–Crippen MR) is 108 cm³/mol. The highest BCUT2D eigenvalue weighted by molar-refractivity contribution is 9.10. The minimum absolute atomic E-state index is 0.241. The second-order valence-corrected chi connectivity index (χ2v) is 6.87. The van der Waals surface area contributed by atoms with E-state index in [9.17, 15) is 4.79 Å². The van der Waals surface area contributed by atoms with Gasteiger partial charge in [-0.15, -0.1) is 0 Å². The lowest BCUT2D eigenvalue weighted by Gasteiger charge is -2.09. The fourth-order valence-corrected chi connectivity index (χ4v) is 2.63. The van der Waals surface area contributed by atoms with E-state index >= 15 is 0 Å². The lowest BCUT2D eigenvalue weighted by molar-refractivity contribution is -0.123. The van der Waals surface area contributed by atoms with Crippen LogP contribution in [0.2, 0.25) is 10.0 Å². The van der Waals surface area contributed by atoms with Gasteiger partial charge in [-0.1, -0.05) is 52.1 Å². The summed E-state index contributed by atoms with van der Waals surface area (Å²) in [5.41, 5.74) is 3.14. The maximum atomic E-state index is 11.9. The molecule has 1 N–H and O–H groups in total. The maximum Gasteiger partial charge on any atom is 0.277 e. The van der Waals surface area contributed by atoms with E-state index in [1.54, 1.807) is 18.2 Å². The van der Waals surface area contributed by atoms with Crippen LogP contribution < -0.4 is 14.9 Å². The number of ether oxygens (including phenoxy) is 2. The number of hydrazone groups is 1. The summed E-state index contributed by atoms with van der Waals surface area (Å²) in [5, 5.41) is 4.56. The van der Waals surface area contributed by atoms with Crippen molar-refractivity contribution in [1.82, 2.24) is 5.43 Å². The van der Waals surface area contributed by atoms with Gasteiger partial charge in [0.05, 0.1) is 17.8 Å². The summed E-state index contributed by atoms with van der Waals surface area (Å²) in [5.74, 6) is 0.596. The Hall–Kier alpha value is -1.76. The molecular formula is C18H17BrCl2N2O3. The maximum absolute atomic E-state index is 11.9. The summed E-state index contributed by atoms with van der Waals surface area (Å²) in [4.78, 5) is 11.9. The molecule has 0 spiro atoms. The van der Waals surface area contributed by atoms with Gasteiger partial charge in [0.2, 0.25) is 0 Å². The zero-order chi connectivity index (χ0) is 18.9. The lowest BCUT2D eigenvalue weighted by Crippen LogP contribution is -2.24. The number of hydrogen-bond acceptors (Lipinski definition) is 4. The number of carbonyl (C=O) groups excluding carboxylic acids is 1. The highest BCUT2D eigenvalue weighted by Gasteiger charge is 2.08. The molecule has 2 rings (SSSR count). The minimum atomic E-state index is -0.427. The zero-order valence-electron chi connectivity index (χ0n) is 14.0. The van der Waals surface area contributed by atoms with Crippen molar-refractivity contribution in [3.63, 3.8) is 0 Å². The fourth-order valence-electron chi connectivity index (χ4n) is 1.91. The van der Waals surface area contributed by atoms with Gasteiger partial charge in [-0.25, -0.2) is 5.43 Å². The van der Waals surface area contributed by atoms with Crippen molar-refractivity contribution in [3.05, 3.63) is 56.5 Å². The third-order valence-corrected chi connectivity index (χ3v) is 4.40. The topological polar surface area (TPSA) is 59.9 Å². The molecule has 0 aliphatic carbocycles. The van der Waals surface area contributed by atoms with E-state index in [1.165, 1.54) is 6.21 Å². The highest BCUT2D eigenvalue weighted by atomic mass is 79.9. The molecule has 138 valence electrons. The Balaban J connectivity index is 1.92. The van der Waals surface area contributed by atoms with Crippen molar-refractivity contribution in [1.29, 1.82) is 0 Å². The number of halogens is 3. The van der Waals surface area contributed by atoms with Crippen LogP contribution in [0.25, 0.3) is 0 Å². The first kappa shape index (κ1) is 20.6. The molecule has 0 aromatic heterocycles. The molecule has 8 heteroatoms. The van der Waals surface area contributed by atoms with E-state index < -0.39 is 5.91 Å². The molecule has 26 heavy (non-hydrogen) atoms. The zero-order valence-corrected chi connectivity index (χ0v) is 17.1. The molecule has 0 atom stereocenters. The van der Waals surface area contributed by atoms with Crippen LogP contribution >= 0.6 is 39.1 Å². The van der Waals surface area contributed by atoms with Gasteiger partial charge in [0.25, 0.3) is 5.91 Å². The van der Waals surface area contributed by atoms with E-state index in [-0.39, 0.29) is 11.6 Å². The van der Waals surface area contributed by atoms with Crippen molar-refractivity contribution in [2.45, 2.75) is 13.3 Å². The number of rotatable bonds is 8. The highest BCUT2D eigenvalue weighted by Crippen LogP contribution is 2.31. The van der Waals surface area contributed by atoms with Gasteiger partial charge >= 0.3 is 0 Å². The number of nitrogens with one attached hydrogen (secondary N) is 1. The number of hydrogen-bond donors (Lipinski definition) is 1. The quantitative estimate of drug-likeness (QED) is 0.442. The molecular weight excluding hydrogens is 443 g/mol. The molecule has 0 heterocycles. The van der Waals surface area contributed by atoms with Crippen LogP contribution in [0.3, 0.4) is 0 Å². The van der Waals surface area contributed by atoms with Crippen LogP contribution in [0.5, 0.6) is 11.5 Å². The Labute approximate surface area is 170 Å². The number of nitrogens with zero attached hydrogens (tertiary/aromatic N) is 1. The molecule has 0 fully saturated rings. The first-order valence-corrected chi connectivity index (χ1v) is 9.37. The molecule has 1 amide bonds. The SMILES string of the molecule is CCCOc1ccc(Br)cc1/C=N/NC(=O)COc1cccc(Cl)c1Cl. The molecule has 0 aliphatic heterocycles. The van der Waals surface area contributed by atoms with Crippen LogP contribution in [0.15, 0.2) is 46.0 Å². The molecule has 0 aliphatic rings. The lowest BCUT2D eigenvalue weighted by atomic mass is 10.2. The normalized spacial score (nSPS) is 10.8. The first-order chi connectivity index (χ1) is 12.5. The van der Waals surface area contributed by atoms with Crippen LogP contribution in [-0.2, 0) is 4.79 Å². The van der Waals surface area contributed by atoms with Crippen molar-refractivity contribution < 1.29 is 14.3 Å². The van der Waals surface area contributed by atoms with Gasteiger partial charge in [0, 0.05) is 10.0 Å². The monoisotopic (exact) mass is 458 g/mol. The second-order valence-electron chi connectivity index (χ2n) is 5.16. The van der Waals surface area contributed by atoms with Gasteiger partial charge in [0.1, 0.15) is 16.5 Å². The molecule has 0 saturated heterocycles. The fraction of sp³-hybridized carbons (Fsp3) is 0.222.